The summed E-state index contributed by atoms with van der Waals surface area (Å²) in [4.78, 5) is 1.04. The van der Waals surface area contributed by atoms with Gasteiger partial charge in [-0.25, -0.2) is 8.42 Å². The summed E-state index contributed by atoms with van der Waals surface area (Å²) in [5.74, 6) is 0.321. The highest BCUT2D eigenvalue weighted by Gasteiger charge is 2.36. The number of thiophene rings is 1. The maximum Gasteiger partial charge on any atom is 0.155 e. The van der Waals surface area contributed by atoms with Gasteiger partial charge in [0.2, 0.25) is 0 Å². The van der Waals surface area contributed by atoms with Crippen molar-refractivity contribution in [2.75, 3.05) is 12.3 Å². The van der Waals surface area contributed by atoms with Gasteiger partial charge in [-0.15, -0.1) is 11.3 Å². The predicted octanol–water partition coefficient (Wildman–Crippen LogP) is 3.41. The van der Waals surface area contributed by atoms with E-state index in [-0.39, 0.29) is 11.3 Å². The second-order valence-corrected chi connectivity index (χ2v) is 9.06. The third kappa shape index (κ3) is 3.72. The summed E-state index contributed by atoms with van der Waals surface area (Å²) >= 11 is 7.47. The molecule has 1 aliphatic heterocycles. The Hall–Kier alpha value is -0.100. The van der Waals surface area contributed by atoms with Gasteiger partial charge in [-0.3, -0.25) is 0 Å². The fourth-order valence-corrected chi connectivity index (χ4v) is 5.95. The highest BCUT2D eigenvalue weighted by atomic mass is 35.5. The molecule has 1 saturated heterocycles. The topological polar surface area (TPSA) is 46.2 Å². The first-order valence-electron chi connectivity index (χ1n) is 6.75. The van der Waals surface area contributed by atoms with Crippen LogP contribution in [-0.4, -0.2) is 26.0 Å². The average Bonchev–Trinajstić information content (AvgIpc) is 2.78. The first-order valence-corrected chi connectivity index (χ1v) is 9.66. The Bertz CT molecular complexity index is 512. The predicted molar refractivity (Wildman–Crippen MR) is 81.8 cm³/mol. The second-order valence-electron chi connectivity index (χ2n) is 4.97. The summed E-state index contributed by atoms with van der Waals surface area (Å²) in [6, 6.07) is 3.69. The fraction of sp³-hybridized carbons (Fsp3) is 0.692. The van der Waals surface area contributed by atoms with Crippen LogP contribution in [0.5, 0.6) is 0 Å². The monoisotopic (exact) mass is 321 g/mol. The molecule has 0 bridgehead atoms. The number of hydrogen-bond acceptors (Lipinski definition) is 4. The van der Waals surface area contributed by atoms with Crippen LogP contribution >= 0.6 is 22.9 Å². The summed E-state index contributed by atoms with van der Waals surface area (Å²) in [5.41, 5.74) is 0. The van der Waals surface area contributed by atoms with Gasteiger partial charge in [0, 0.05) is 4.88 Å². The zero-order chi connectivity index (χ0) is 13.9. The summed E-state index contributed by atoms with van der Waals surface area (Å²) in [7, 11) is -2.99. The molecule has 2 rings (SSSR count). The Morgan fingerprint density at radius 3 is 2.84 bits per heavy atom. The average molecular weight is 322 g/mol. The molecular weight excluding hydrogens is 302 g/mol. The van der Waals surface area contributed by atoms with E-state index in [4.69, 9.17) is 11.6 Å². The van der Waals surface area contributed by atoms with Crippen LogP contribution in [0.2, 0.25) is 4.34 Å². The molecule has 6 heteroatoms. The standard InChI is InChI=1S/C13H20ClNO2S2/c1-2-8-15-13(10-6-7-12(14)18-10)11-5-3-4-9-19(11,16)17/h6-7,11,13,15H,2-5,8-9H2,1H3. The van der Waals surface area contributed by atoms with Crippen molar-refractivity contribution in [1.82, 2.24) is 5.32 Å². The molecule has 0 aliphatic carbocycles. The van der Waals surface area contributed by atoms with Crippen molar-refractivity contribution in [3.63, 3.8) is 0 Å². The lowest BCUT2D eigenvalue weighted by atomic mass is 10.1. The van der Waals surface area contributed by atoms with E-state index in [1.54, 1.807) is 0 Å². The molecule has 2 heterocycles. The van der Waals surface area contributed by atoms with Crippen molar-refractivity contribution >= 4 is 32.8 Å². The molecule has 1 aliphatic rings. The molecule has 0 aromatic carbocycles. The third-order valence-electron chi connectivity index (χ3n) is 3.52. The van der Waals surface area contributed by atoms with Crippen molar-refractivity contribution in [1.29, 1.82) is 0 Å². The number of nitrogens with one attached hydrogen (secondary N) is 1. The maximum absolute atomic E-state index is 12.3. The van der Waals surface area contributed by atoms with E-state index in [2.05, 4.69) is 12.2 Å². The van der Waals surface area contributed by atoms with Gasteiger partial charge < -0.3 is 5.32 Å². The van der Waals surface area contributed by atoms with Crippen LogP contribution in [0.15, 0.2) is 12.1 Å². The van der Waals surface area contributed by atoms with E-state index in [1.807, 2.05) is 12.1 Å². The Labute approximate surface area is 124 Å². The van der Waals surface area contributed by atoms with E-state index < -0.39 is 9.84 Å². The van der Waals surface area contributed by atoms with E-state index >= 15 is 0 Å². The Morgan fingerprint density at radius 1 is 1.47 bits per heavy atom. The summed E-state index contributed by atoms with van der Waals surface area (Å²) < 4.78 is 25.3. The Kier molecular flexibility index (Phi) is 5.29. The van der Waals surface area contributed by atoms with Gasteiger partial charge in [-0.1, -0.05) is 24.9 Å². The van der Waals surface area contributed by atoms with Gasteiger partial charge in [0.15, 0.2) is 9.84 Å². The van der Waals surface area contributed by atoms with E-state index in [0.29, 0.717) is 10.1 Å². The largest absolute Gasteiger partial charge is 0.308 e. The van der Waals surface area contributed by atoms with Crippen LogP contribution in [0, 0.1) is 0 Å². The first-order chi connectivity index (χ1) is 9.04. The van der Waals surface area contributed by atoms with Crippen molar-refractivity contribution in [3.05, 3.63) is 21.3 Å². The molecule has 3 nitrogen and oxygen atoms in total. The minimum Gasteiger partial charge on any atom is -0.308 e. The van der Waals surface area contributed by atoms with Crippen LogP contribution in [0.3, 0.4) is 0 Å². The molecule has 1 aromatic heterocycles. The van der Waals surface area contributed by atoms with Crippen molar-refractivity contribution in [2.45, 2.75) is 43.9 Å². The lowest BCUT2D eigenvalue weighted by Gasteiger charge is -2.30. The fourth-order valence-electron chi connectivity index (χ4n) is 2.56. The zero-order valence-electron chi connectivity index (χ0n) is 11.1. The van der Waals surface area contributed by atoms with Gasteiger partial charge in [-0.05, 0) is 37.9 Å². The normalized spacial score (nSPS) is 24.2. The number of halogens is 1. The molecule has 108 valence electrons. The van der Waals surface area contributed by atoms with E-state index in [0.717, 1.165) is 37.1 Å². The molecule has 19 heavy (non-hydrogen) atoms. The summed E-state index contributed by atoms with van der Waals surface area (Å²) in [6.07, 6.45) is 3.53. The van der Waals surface area contributed by atoms with Gasteiger partial charge in [0.25, 0.3) is 0 Å². The molecular formula is C13H20ClNO2S2. The minimum absolute atomic E-state index is 0.109. The Balaban J connectivity index is 2.26. The molecule has 1 fully saturated rings. The SMILES string of the molecule is CCCNC(c1ccc(Cl)s1)C1CCCCS1(=O)=O. The highest BCUT2D eigenvalue weighted by Crippen LogP contribution is 2.35. The van der Waals surface area contributed by atoms with Crippen molar-refractivity contribution in [3.8, 4) is 0 Å². The molecule has 0 amide bonds. The molecule has 1 aromatic rings. The van der Waals surface area contributed by atoms with Gasteiger partial charge in [0.1, 0.15) is 0 Å². The molecule has 0 spiro atoms. The van der Waals surface area contributed by atoms with Crippen LogP contribution in [-0.2, 0) is 9.84 Å². The lowest BCUT2D eigenvalue weighted by molar-refractivity contribution is 0.451. The number of rotatable bonds is 5. The number of hydrogen-bond donors (Lipinski definition) is 1. The number of sulfone groups is 1. The maximum atomic E-state index is 12.3. The molecule has 0 saturated carbocycles. The molecule has 2 atom stereocenters. The lowest BCUT2D eigenvalue weighted by Crippen LogP contribution is -2.40. The first kappa shape index (κ1) is 15.3. The second kappa shape index (κ2) is 6.57. The quantitative estimate of drug-likeness (QED) is 0.904. The van der Waals surface area contributed by atoms with Crippen LogP contribution in [0.25, 0.3) is 0 Å². The van der Waals surface area contributed by atoms with E-state index in [1.165, 1.54) is 11.3 Å². The molecule has 0 radical (unpaired) electrons. The van der Waals surface area contributed by atoms with Crippen LogP contribution < -0.4 is 5.32 Å². The third-order valence-corrected chi connectivity index (χ3v) is 7.12. The summed E-state index contributed by atoms with van der Waals surface area (Å²) in [5, 5.41) is 3.09. The van der Waals surface area contributed by atoms with E-state index in [9.17, 15) is 8.42 Å². The molecule has 2 unspecified atom stereocenters. The smallest absolute Gasteiger partial charge is 0.155 e. The zero-order valence-corrected chi connectivity index (χ0v) is 13.5. The summed E-state index contributed by atoms with van der Waals surface area (Å²) in [6.45, 7) is 2.91. The van der Waals surface area contributed by atoms with Crippen molar-refractivity contribution < 1.29 is 8.42 Å². The molecule has 1 N–H and O–H groups in total. The highest BCUT2D eigenvalue weighted by molar-refractivity contribution is 7.92. The van der Waals surface area contributed by atoms with Crippen molar-refractivity contribution in [2.24, 2.45) is 0 Å². The van der Waals surface area contributed by atoms with Crippen LogP contribution in [0.1, 0.15) is 43.5 Å². The van der Waals surface area contributed by atoms with Gasteiger partial charge in [0.05, 0.1) is 21.4 Å². The van der Waals surface area contributed by atoms with Gasteiger partial charge in [-0.2, -0.15) is 0 Å². The van der Waals surface area contributed by atoms with Gasteiger partial charge >= 0.3 is 0 Å². The van der Waals surface area contributed by atoms with Crippen LogP contribution in [0.4, 0.5) is 0 Å². The Morgan fingerprint density at radius 2 is 2.26 bits per heavy atom. The minimum atomic E-state index is -2.99.